The number of carbonyl (C=O) groups is 2. The Labute approximate surface area is 99.0 Å². The monoisotopic (exact) mass is 237 g/mol. The molecule has 92 valence electrons. The van der Waals surface area contributed by atoms with Gasteiger partial charge in [-0.25, -0.2) is 0 Å². The molecule has 0 unspecified atom stereocenters. The number of aliphatic carboxylic acids is 1. The molecule has 0 aliphatic heterocycles. The lowest BCUT2D eigenvalue weighted by atomic mass is 10.1. The maximum Gasteiger partial charge on any atom is 0.319 e. The summed E-state index contributed by atoms with van der Waals surface area (Å²) in [6, 6.07) is 3.52. The van der Waals surface area contributed by atoms with Crippen molar-refractivity contribution < 1.29 is 19.1 Å². The predicted octanol–water partition coefficient (Wildman–Crippen LogP) is 1.49. The summed E-state index contributed by atoms with van der Waals surface area (Å²) in [5, 5.41) is 9.07. The van der Waals surface area contributed by atoms with E-state index >= 15 is 0 Å². The minimum atomic E-state index is -1.16. The standard InChI is InChI=1S/C12H15NO4/c1-2-13(8-9-4-3-7-17-9)10(14)12(5-6-12)11(15)16/h3-4,7H,2,5-6,8H2,1H3,(H,15,16). The summed E-state index contributed by atoms with van der Waals surface area (Å²) in [4.78, 5) is 24.7. The number of hydrogen-bond acceptors (Lipinski definition) is 3. The van der Waals surface area contributed by atoms with Gasteiger partial charge in [0.15, 0.2) is 0 Å². The van der Waals surface area contributed by atoms with Crippen molar-refractivity contribution in [1.82, 2.24) is 4.90 Å². The highest BCUT2D eigenvalue weighted by Gasteiger charge is 2.58. The molecule has 1 aliphatic carbocycles. The van der Waals surface area contributed by atoms with Gasteiger partial charge in [0.1, 0.15) is 11.2 Å². The normalized spacial score (nSPS) is 16.5. The van der Waals surface area contributed by atoms with Gasteiger partial charge in [0, 0.05) is 6.54 Å². The highest BCUT2D eigenvalue weighted by atomic mass is 16.4. The van der Waals surface area contributed by atoms with Gasteiger partial charge in [-0.1, -0.05) is 0 Å². The average molecular weight is 237 g/mol. The van der Waals surface area contributed by atoms with Crippen LogP contribution in [0.15, 0.2) is 22.8 Å². The van der Waals surface area contributed by atoms with Crippen LogP contribution in [0.4, 0.5) is 0 Å². The first-order valence-corrected chi connectivity index (χ1v) is 5.65. The maximum atomic E-state index is 12.1. The average Bonchev–Trinajstić information content (AvgIpc) is 2.98. The Bertz CT molecular complexity index is 420. The fourth-order valence-electron chi connectivity index (χ4n) is 1.86. The van der Waals surface area contributed by atoms with E-state index in [4.69, 9.17) is 9.52 Å². The molecule has 1 aromatic rings. The summed E-state index contributed by atoms with van der Waals surface area (Å²) in [5.41, 5.74) is -1.16. The van der Waals surface area contributed by atoms with Crippen LogP contribution in [-0.2, 0) is 16.1 Å². The van der Waals surface area contributed by atoms with Crippen LogP contribution in [0.2, 0.25) is 0 Å². The van der Waals surface area contributed by atoms with Gasteiger partial charge in [-0.3, -0.25) is 9.59 Å². The van der Waals surface area contributed by atoms with E-state index in [0.717, 1.165) is 0 Å². The quantitative estimate of drug-likeness (QED) is 0.788. The third-order valence-electron chi connectivity index (χ3n) is 3.16. The van der Waals surface area contributed by atoms with Crippen molar-refractivity contribution in [1.29, 1.82) is 0 Å². The molecule has 5 heteroatoms. The molecule has 0 bridgehead atoms. The van der Waals surface area contributed by atoms with Crippen molar-refractivity contribution in [3.05, 3.63) is 24.2 Å². The van der Waals surface area contributed by atoms with E-state index < -0.39 is 11.4 Å². The molecular weight excluding hydrogens is 222 g/mol. The predicted molar refractivity (Wildman–Crippen MR) is 59.1 cm³/mol. The van der Waals surface area contributed by atoms with E-state index in [1.165, 1.54) is 11.2 Å². The van der Waals surface area contributed by atoms with Crippen molar-refractivity contribution in [2.45, 2.75) is 26.3 Å². The molecule has 0 radical (unpaired) electrons. The number of hydrogen-bond donors (Lipinski definition) is 1. The van der Waals surface area contributed by atoms with Crippen LogP contribution < -0.4 is 0 Å². The van der Waals surface area contributed by atoms with Gasteiger partial charge in [-0.05, 0) is 31.9 Å². The van der Waals surface area contributed by atoms with E-state index in [2.05, 4.69) is 0 Å². The summed E-state index contributed by atoms with van der Waals surface area (Å²) in [6.45, 7) is 2.64. The number of carboxylic acid groups (broad SMARTS) is 1. The van der Waals surface area contributed by atoms with E-state index in [1.807, 2.05) is 6.92 Å². The lowest BCUT2D eigenvalue weighted by Gasteiger charge is -2.23. The van der Waals surface area contributed by atoms with Crippen molar-refractivity contribution >= 4 is 11.9 Å². The van der Waals surface area contributed by atoms with Gasteiger partial charge < -0.3 is 14.4 Å². The first-order valence-electron chi connectivity index (χ1n) is 5.65. The van der Waals surface area contributed by atoms with Crippen LogP contribution in [-0.4, -0.2) is 28.4 Å². The zero-order valence-corrected chi connectivity index (χ0v) is 9.68. The first kappa shape index (κ1) is 11.7. The van der Waals surface area contributed by atoms with E-state index in [1.54, 1.807) is 12.1 Å². The summed E-state index contributed by atoms with van der Waals surface area (Å²) in [5.74, 6) is -0.648. The van der Waals surface area contributed by atoms with Crippen molar-refractivity contribution in [2.75, 3.05) is 6.54 Å². The van der Waals surface area contributed by atoms with Crippen molar-refractivity contribution in [3.8, 4) is 0 Å². The zero-order chi connectivity index (χ0) is 12.5. The Morgan fingerprint density at radius 2 is 2.24 bits per heavy atom. The molecule has 1 aromatic heterocycles. The molecule has 1 amide bonds. The fraction of sp³-hybridized carbons (Fsp3) is 0.500. The van der Waals surface area contributed by atoms with Gasteiger partial charge in [0.2, 0.25) is 5.91 Å². The Kier molecular flexibility index (Phi) is 2.92. The molecule has 0 atom stereocenters. The summed E-state index contributed by atoms with van der Waals surface area (Å²) in [6.07, 6.45) is 2.42. The summed E-state index contributed by atoms with van der Waals surface area (Å²) in [7, 11) is 0. The summed E-state index contributed by atoms with van der Waals surface area (Å²) >= 11 is 0. The number of amides is 1. The molecule has 0 spiro atoms. The molecule has 1 heterocycles. The molecule has 2 rings (SSSR count). The molecule has 1 saturated carbocycles. The third kappa shape index (κ3) is 2.05. The van der Waals surface area contributed by atoms with Crippen LogP contribution in [0.1, 0.15) is 25.5 Å². The van der Waals surface area contributed by atoms with Crippen molar-refractivity contribution in [2.24, 2.45) is 5.41 Å². The maximum absolute atomic E-state index is 12.1. The Balaban J connectivity index is 2.09. The lowest BCUT2D eigenvalue weighted by molar-refractivity contribution is -0.153. The Morgan fingerprint density at radius 1 is 1.53 bits per heavy atom. The van der Waals surface area contributed by atoms with E-state index in [0.29, 0.717) is 31.7 Å². The molecule has 0 aromatic carbocycles. The van der Waals surface area contributed by atoms with Crippen LogP contribution in [0, 0.1) is 5.41 Å². The highest BCUT2D eigenvalue weighted by molar-refractivity contribution is 6.04. The van der Waals surface area contributed by atoms with Gasteiger partial charge in [-0.2, -0.15) is 0 Å². The third-order valence-corrected chi connectivity index (χ3v) is 3.16. The molecule has 5 nitrogen and oxygen atoms in total. The zero-order valence-electron chi connectivity index (χ0n) is 9.68. The Hall–Kier alpha value is -1.78. The van der Waals surface area contributed by atoms with E-state index in [-0.39, 0.29) is 5.91 Å². The fourth-order valence-corrected chi connectivity index (χ4v) is 1.86. The number of carboxylic acids is 1. The van der Waals surface area contributed by atoms with Crippen LogP contribution in [0.3, 0.4) is 0 Å². The van der Waals surface area contributed by atoms with Gasteiger partial charge in [0.05, 0.1) is 12.8 Å². The topological polar surface area (TPSA) is 70.8 Å². The molecule has 1 fully saturated rings. The molecular formula is C12H15NO4. The number of rotatable bonds is 5. The second-order valence-corrected chi connectivity index (χ2v) is 4.29. The minimum Gasteiger partial charge on any atom is -0.480 e. The van der Waals surface area contributed by atoms with Gasteiger partial charge in [0.25, 0.3) is 0 Å². The van der Waals surface area contributed by atoms with Crippen LogP contribution in [0.5, 0.6) is 0 Å². The minimum absolute atomic E-state index is 0.302. The van der Waals surface area contributed by atoms with Crippen molar-refractivity contribution in [3.63, 3.8) is 0 Å². The molecule has 1 N–H and O–H groups in total. The van der Waals surface area contributed by atoms with E-state index in [9.17, 15) is 9.59 Å². The highest BCUT2D eigenvalue weighted by Crippen LogP contribution is 2.47. The number of furan rings is 1. The lowest BCUT2D eigenvalue weighted by Crippen LogP contribution is -2.40. The first-order chi connectivity index (χ1) is 8.10. The SMILES string of the molecule is CCN(Cc1ccco1)C(=O)C1(C(=O)O)CC1. The summed E-state index contributed by atoms with van der Waals surface area (Å²) < 4.78 is 5.17. The van der Waals surface area contributed by atoms with Gasteiger partial charge in [-0.15, -0.1) is 0 Å². The van der Waals surface area contributed by atoms with Crippen LogP contribution >= 0.6 is 0 Å². The van der Waals surface area contributed by atoms with Crippen LogP contribution in [0.25, 0.3) is 0 Å². The second-order valence-electron chi connectivity index (χ2n) is 4.29. The molecule has 0 saturated heterocycles. The molecule has 1 aliphatic rings. The number of nitrogens with zero attached hydrogens (tertiary/aromatic N) is 1. The van der Waals surface area contributed by atoms with Gasteiger partial charge >= 0.3 is 5.97 Å². The Morgan fingerprint density at radius 3 is 2.65 bits per heavy atom. The number of carbonyl (C=O) groups excluding carboxylic acids is 1. The smallest absolute Gasteiger partial charge is 0.319 e. The largest absolute Gasteiger partial charge is 0.480 e. The molecule has 17 heavy (non-hydrogen) atoms. The second kappa shape index (κ2) is 4.24.